The van der Waals surface area contributed by atoms with E-state index in [4.69, 9.17) is 4.99 Å². The van der Waals surface area contributed by atoms with Crippen LogP contribution in [-0.4, -0.2) is 55.6 Å². The zero-order valence-corrected chi connectivity index (χ0v) is 18.5. The van der Waals surface area contributed by atoms with E-state index in [1.807, 2.05) is 44.1 Å². The van der Waals surface area contributed by atoms with Crippen molar-refractivity contribution < 1.29 is 8.78 Å². The van der Waals surface area contributed by atoms with Crippen molar-refractivity contribution >= 4 is 11.8 Å². The molecule has 0 bridgehead atoms. The zero-order valence-electron chi connectivity index (χ0n) is 18.5. The maximum Gasteiger partial charge on any atom is 0.191 e. The minimum atomic E-state index is -0.800. The van der Waals surface area contributed by atoms with Crippen LogP contribution in [0.5, 0.6) is 0 Å². The number of anilines is 1. The summed E-state index contributed by atoms with van der Waals surface area (Å²) in [6.07, 6.45) is 1.92. The molecule has 168 valence electrons. The van der Waals surface area contributed by atoms with Crippen LogP contribution in [0.25, 0.3) is 0 Å². The van der Waals surface area contributed by atoms with Crippen molar-refractivity contribution in [3.8, 4) is 0 Å². The summed E-state index contributed by atoms with van der Waals surface area (Å²) in [5, 5.41) is 6.84. The van der Waals surface area contributed by atoms with E-state index in [9.17, 15) is 8.78 Å². The molecule has 0 radical (unpaired) electrons. The molecule has 0 atom stereocenters. The first-order valence-corrected chi connectivity index (χ1v) is 10.8. The van der Waals surface area contributed by atoms with Gasteiger partial charge in [-0.15, -0.1) is 0 Å². The Bertz CT molecular complexity index is 878. The predicted octanol–water partition coefficient (Wildman–Crippen LogP) is 3.15. The van der Waals surface area contributed by atoms with Gasteiger partial charge in [-0.1, -0.05) is 12.1 Å². The molecule has 0 amide bonds. The molecule has 1 fully saturated rings. The summed E-state index contributed by atoms with van der Waals surface area (Å²) in [4.78, 5) is 13.6. The first kappa shape index (κ1) is 22.9. The molecule has 6 nitrogen and oxygen atoms in total. The topological polar surface area (TPSA) is 55.8 Å². The molecule has 1 aliphatic rings. The number of aliphatic imine (C=N–C) groups is 1. The summed E-state index contributed by atoms with van der Waals surface area (Å²) in [7, 11) is 3.94. The van der Waals surface area contributed by atoms with Gasteiger partial charge < -0.3 is 15.5 Å². The van der Waals surface area contributed by atoms with E-state index in [0.717, 1.165) is 55.5 Å². The molecule has 1 aromatic carbocycles. The lowest BCUT2D eigenvalue weighted by Crippen LogP contribution is -2.48. The number of pyridine rings is 1. The largest absolute Gasteiger partial charge is 0.363 e. The van der Waals surface area contributed by atoms with Crippen LogP contribution >= 0.6 is 0 Å². The molecule has 0 saturated carbocycles. The monoisotopic (exact) mass is 430 g/mol. The minimum absolute atomic E-state index is 0.320. The molecule has 3 rings (SSSR count). The van der Waals surface area contributed by atoms with Crippen LogP contribution < -0.4 is 15.5 Å². The smallest absolute Gasteiger partial charge is 0.191 e. The second-order valence-corrected chi connectivity index (χ2v) is 8.02. The van der Waals surface area contributed by atoms with Crippen molar-refractivity contribution in [3.05, 3.63) is 59.3 Å². The van der Waals surface area contributed by atoms with Gasteiger partial charge in [0.25, 0.3) is 0 Å². The Hall–Kier alpha value is -2.74. The Balaban J connectivity index is 1.52. The molecule has 0 spiro atoms. The molecule has 8 heteroatoms. The summed E-state index contributed by atoms with van der Waals surface area (Å²) in [5.74, 6) is 0.120. The quantitative estimate of drug-likeness (QED) is 0.522. The van der Waals surface area contributed by atoms with E-state index in [1.54, 1.807) is 6.07 Å². The first-order valence-electron chi connectivity index (χ1n) is 10.8. The lowest BCUT2D eigenvalue weighted by atomic mass is 10.0. The molecule has 0 unspecified atom stereocenters. The fourth-order valence-electron chi connectivity index (χ4n) is 3.61. The van der Waals surface area contributed by atoms with E-state index in [0.29, 0.717) is 19.1 Å². The van der Waals surface area contributed by atoms with Gasteiger partial charge in [0, 0.05) is 46.3 Å². The second kappa shape index (κ2) is 11.0. The molecule has 31 heavy (non-hydrogen) atoms. The zero-order chi connectivity index (χ0) is 22.2. The standard InChI is InChI=1S/C23H32F2N6/c1-4-26-23(27-15-19-6-5-7-22(28-19)30(2)3)29-18-10-12-31(13-11-18)16-17-8-9-20(24)21(25)14-17/h5-9,14,18H,4,10-13,15-16H2,1-3H3,(H2,26,27,29). The van der Waals surface area contributed by atoms with Gasteiger partial charge in [-0.25, -0.2) is 18.8 Å². The van der Waals surface area contributed by atoms with Crippen LogP contribution in [0.4, 0.5) is 14.6 Å². The molecule has 2 heterocycles. The Kier molecular flexibility index (Phi) is 8.17. The Morgan fingerprint density at radius 1 is 1.16 bits per heavy atom. The number of benzene rings is 1. The number of nitrogens with zero attached hydrogens (tertiary/aromatic N) is 4. The highest BCUT2D eigenvalue weighted by atomic mass is 19.2. The number of hydrogen-bond donors (Lipinski definition) is 2. The Labute approximate surface area is 183 Å². The van der Waals surface area contributed by atoms with Gasteiger partial charge in [0.2, 0.25) is 0 Å². The van der Waals surface area contributed by atoms with Crippen LogP contribution in [0.3, 0.4) is 0 Å². The lowest BCUT2D eigenvalue weighted by molar-refractivity contribution is 0.198. The van der Waals surface area contributed by atoms with Crippen LogP contribution in [-0.2, 0) is 13.1 Å². The predicted molar refractivity (Wildman–Crippen MR) is 121 cm³/mol. The molecule has 1 aromatic heterocycles. The third-order valence-corrected chi connectivity index (χ3v) is 5.31. The highest BCUT2D eigenvalue weighted by Crippen LogP contribution is 2.16. The summed E-state index contributed by atoms with van der Waals surface area (Å²) < 4.78 is 26.6. The third kappa shape index (κ3) is 6.89. The van der Waals surface area contributed by atoms with Gasteiger partial charge in [-0.05, 0) is 49.6 Å². The van der Waals surface area contributed by atoms with Gasteiger partial charge >= 0.3 is 0 Å². The molecule has 2 N–H and O–H groups in total. The number of likely N-dealkylation sites (tertiary alicyclic amines) is 1. The molecular weight excluding hydrogens is 398 g/mol. The van der Waals surface area contributed by atoms with Gasteiger partial charge in [-0.3, -0.25) is 4.90 Å². The molecule has 0 aliphatic carbocycles. The summed E-state index contributed by atoms with van der Waals surface area (Å²) in [6, 6.07) is 10.4. The normalized spacial score (nSPS) is 15.7. The van der Waals surface area contributed by atoms with Crippen molar-refractivity contribution in [1.29, 1.82) is 0 Å². The van der Waals surface area contributed by atoms with E-state index in [-0.39, 0.29) is 0 Å². The highest BCUT2D eigenvalue weighted by Gasteiger charge is 2.20. The average molecular weight is 431 g/mol. The second-order valence-electron chi connectivity index (χ2n) is 8.02. The number of piperidine rings is 1. The number of hydrogen-bond acceptors (Lipinski definition) is 4. The number of nitrogens with one attached hydrogen (secondary N) is 2. The molecular formula is C23H32F2N6. The van der Waals surface area contributed by atoms with Crippen LogP contribution in [0.2, 0.25) is 0 Å². The van der Waals surface area contributed by atoms with Crippen LogP contribution in [0.1, 0.15) is 31.0 Å². The van der Waals surface area contributed by atoms with E-state index < -0.39 is 11.6 Å². The summed E-state index contributed by atoms with van der Waals surface area (Å²) in [6.45, 7) is 5.75. The van der Waals surface area contributed by atoms with Crippen molar-refractivity contribution in [3.63, 3.8) is 0 Å². The molecule has 2 aromatic rings. The summed E-state index contributed by atoms with van der Waals surface area (Å²) in [5.41, 5.74) is 1.72. The van der Waals surface area contributed by atoms with Gasteiger partial charge in [0.05, 0.1) is 12.2 Å². The van der Waals surface area contributed by atoms with Gasteiger partial charge in [0.15, 0.2) is 17.6 Å². The van der Waals surface area contributed by atoms with Crippen molar-refractivity contribution in [1.82, 2.24) is 20.5 Å². The molecule has 1 aliphatic heterocycles. The number of halogens is 2. The summed E-state index contributed by atoms with van der Waals surface area (Å²) >= 11 is 0. The van der Waals surface area contributed by atoms with Crippen molar-refractivity contribution in [2.45, 2.75) is 38.9 Å². The maximum absolute atomic E-state index is 13.4. The Morgan fingerprint density at radius 3 is 2.61 bits per heavy atom. The SMILES string of the molecule is CCNC(=NCc1cccc(N(C)C)n1)NC1CCN(Cc2ccc(F)c(F)c2)CC1. The Morgan fingerprint density at radius 2 is 1.94 bits per heavy atom. The van der Waals surface area contributed by atoms with Gasteiger partial charge in [-0.2, -0.15) is 0 Å². The minimum Gasteiger partial charge on any atom is -0.363 e. The van der Waals surface area contributed by atoms with E-state index >= 15 is 0 Å². The molecule has 1 saturated heterocycles. The first-order chi connectivity index (χ1) is 14.9. The average Bonchev–Trinajstić information content (AvgIpc) is 2.76. The number of aromatic nitrogens is 1. The van der Waals surface area contributed by atoms with E-state index in [2.05, 4.69) is 20.5 Å². The maximum atomic E-state index is 13.4. The van der Waals surface area contributed by atoms with Crippen LogP contribution in [0.15, 0.2) is 41.4 Å². The fourth-order valence-corrected chi connectivity index (χ4v) is 3.61. The van der Waals surface area contributed by atoms with Crippen molar-refractivity contribution in [2.24, 2.45) is 4.99 Å². The fraction of sp³-hybridized carbons (Fsp3) is 0.478. The number of rotatable bonds is 7. The number of guanidine groups is 1. The third-order valence-electron chi connectivity index (χ3n) is 5.31. The highest BCUT2D eigenvalue weighted by molar-refractivity contribution is 5.80. The van der Waals surface area contributed by atoms with Crippen LogP contribution in [0, 0.1) is 11.6 Å². The lowest BCUT2D eigenvalue weighted by Gasteiger charge is -2.33. The van der Waals surface area contributed by atoms with Gasteiger partial charge in [0.1, 0.15) is 5.82 Å². The van der Waals surface area contributed by atoms with Crippen molar-refractivity contribution in [2.75, 3.05) is 38.6 Å². The van der Waals surface area contributed by atoms with E-state index in [1.165, 1.54) is 12.1 Å².